The van der Waals surface area contributed by atoms with Gasteiger partial charge in [-0.05, 0) is 49.4 Å². The lowest BCUT2D eigenvalue weighted by Crippen LogP contribution is -2.42. The van der Waals surface area contributed by atoms with E-state index in [9.17, 15) is 4.79 Å². The second kappa shape index (κ2) is 8.09. The molecule has 3 aliphatic heterocycles. The van der Waals surface area contributed by atoms with Gasteiger partial charge in [-0.15, -0.1) is 0 Å². The summed E-state index contributed by atoms with van der Waals surface area (Å²) >= 11 is 0. The number of carbonyl (C=O) groups excluding carboxylic acids is 1. The van der Waals surface area contributed by atoms with E-state index in [2.05, 4.69) is 34.0 Å². The summed E-state index contributed by atoms with van der Waals surface area (Å²) in [6, 6.07) is 7.04. The zero-order valence-electron chi connectivity index (χ0n) is 17.3. The number of hydrogen-bond donors (Lipinski definition) is 1. The third kappa shape index (κ3) is 3.69. The first-order chi connectivity index (χ1) is 14.2. The standard InChI is InChI=1S/C23H31N3O3/c1-25-21-3-2-16(23(27)24-17-5-10-28-11-6-17)14-19(21)20-15-26(9-4-22(20)25)18-7-12-29-13-8-18/h2-3,14,17-18H,4-13,15H2,1H3,(H,24,27). The van der Waals surface area contributed by atoms with Crippen molar-refractivity contribution in [3.63, 3.8) is 0 Å². The molecular weight excluding hydrogens is 366 g/mol. The average molecular weight is 398 g/mol. The zero-order valence-corrected chi connectivity index (χ0v) is 17.3. The van der Waals surface area contributed by atoms with Gasteiger partial charge in [0.05, 0.1) is 0 Å². The Morgan fingerprint density at radius 3 is 2.55 bits per heavy atom. The minimum Gasteiger partial charge on any atom is -0.381 e. The van der Waals surface area contributed by atoms with E-state index in [1.54, 1.807) is 0 Å². The molecule has 1 aromatic heterocycles. The van der Waals surface area contributed by atoms with Crippen LogP contribution in [0.1, 0.15) is 47.3 Å². The molecule has 0 saturated carbocycles. The van der Waals surface area contributed by atoms with Crippen LogP contribution in [0.3, 0.4) is 0 Å². The maximum Gasteiger partial charge on any atom is 0.251 e. The maximum atomic E-state index is 12.9. The smallest absolute Gasteiger partial charge is 0.251 e. The Kier molecular flexibility index (Phi) is 5.33. The lowest BCUT2D eigenvalue weighted by molar-refractivity contribution is 0.0289. The van der Waals surface area contributed by atoms with Crippen LogP contribution in [0.5, 0.6) is 0 Å². The molecular formula is C23H31N3O3. The van der Waals surface area contributed by atoms with E-state index in [1.807, 2.05) is 6.07 Å². The van der Waals surface area contributed by atoms with Crippen molar-refractivity contribution in [3.8, 4) is 0 Å². The molecule has 2 saturated heterocycles. The molecule has 2 aromatic rings. The summed E-state index contributed by atoms with van der Waals surface area (Å²) in [6.45, 7) is 5.30. The van der Waals surface area contributed by atoms with Crippen LogP contribution in [0.25, 0.3) is 10.9 Å². The van der Waals surface area contributed by atoms with E-state index >= 15 is 0 Å². The molecule has 0 radical (unpaired) electrons. The quantitative estimate of drug-likeness (QED) is 0.865. The number of fused-ring (bicyclic) bond motifs is 3. The van der Waals surface area contributed by atoms with Crippen molar-refractivity contribution in [2.75, 3.05) is 33.0 Å². The summed E-state index contributed by atoms with van der Waals surface area (Å²) in [5.41, 5.74) is 4.82. The van der Waals surface area contributed by atoms with Crippen molar-refractivity contribution in [1.82, 2.24) is 14.8 Å². The van der Waals surface area contributed by atoms with Crippen molar-refractivity contribution < 1.29 is 14.3 Å². The highest BCUT2D eigenvalue weighted by atomic mass is 16.5. The van der Waals surface area contributed by atoms with Crippen molar-refractivity contribution in [2.45, 2.75) is 50.7 Å². The van der Waals surface area contributed by atoms with Gasteiger partial charge in [0.15, 0.2) is 0 Å². The van der Waals surface area contributed by atoms with Gasteiger partial charge in [0.25, 0.3) is 5.91 Å². The van der Waals surface area contributed by atoms with E-state index in [4.69, 9.17) is 9.47 Å². The Morgan fingerprint density at radius 1 is 1.07 bits per heavy atom. The summed E-state index contributed by atoms with van der Waals surface area (Å²) in [5, 5.41) is 4.43. The molecule has 4 heterocycles. The van der Waals surface area contributed by atoms with Gasteiger partial charge in [0.2, 0.25) is 0 Å². The molecule has 2 fully saturated rings. The topological polar surface area (TPSA) is 55.7 Å². The molecule has 156 valence electrons. The number of carbonyl (C=O) groups is 1. The van der Waals surface area contributed by atoms with Crippen molar-refractivity contribution >= 4 is 16.8 Å². The minimum atomic E-state index is 0.0356. The molecule has 1 aromatic carbocycles. The summed E-state index contributed by atoms with van der Waals surface area (Å²) in [4.78, 5) is 15.5. The first-order valence-electron chi connectivity index (χ1n) is 11.0. The molecule has 1 amide bonds. The van der Waals surface area contributed by atoms with Crippen LogP contribution in [-0.4, -0.2) is 60.4 Å². The van der Waals surface area contributed by atoms with Crippen LogP contribution in [0, 0.1) is 0 Å². The highest BCUT2D eigenvalue weighted by molar-refractivity contribution is 5.99. The van der Waals surface area contributed by atoms with Crippen LogP contribution < -0.4 is 5.32 Å². The molecule has 1 N–H and O–H groups in total. The summed E-state index contributed by atoms with van der Waals surface area (Å²) in [6.07, 6.45) is 5.11. The third-order valence-electron chi connectivity index (χ3n) is 6.96. The Balaban J connectivity index is 1.41. The monoisotopic (exact) mass is 397 g/mol. The highest BCUT2D eigenvalue weighted by Crippen LogP contribution is 2.33. The summed E-state index contributed by atoms with van der Waals surface area (Å²) in [7, 11) is 2.16. The maximum absolute atomic E-state index is 12.9. The number of nitrogens with one attached hydrogen (secondary N) is 1. The second-order valence-electron chi connectivity index (χ2n) is 8.64. The number of ether oxygens (including phenoxy) is 2. The Labute approximate surface area is 172 Å². The SMILES string of the molecule is Cn1c2c(c3cc(C(=O)NC4CCOCC4)ccc31)CN(C1CCOCC1)CC2. The molecule has 29 heavy (non-hydrogen) atoms. The molecule has 6 heteroatoms. The molecule has 6 nitrogen and oxygen atoms in total. The molecule has 0 atom stereocenters. The summed E-state index contributed by atoms with van der Waals surface area (Å²) < 4.78 is 13.3. The van der Waals surface area contributed by atoms with Crippen molar-refractivity contribution in [3.05, 3.63) is 35.0 Å². The average Bonchev–Trinajstić information content (AvgIpc) is 3.06. The van der Waals surface area contributed by atoms with Crippen LogP contribution in [-0.2, 0) is 29.5 Å². The van der Waals surface area contributed by atoms with E-state index < -0.39 is 0 Å². The number of aryl methyl sites for hydroxylation is 1. The van der Waals surface area contributed by atoms with Crippen molar-refractivity contribution in [1.29, 1.82) is 0 Å². The molecule has 0 aliphatic carbocycles. The van der Waals surface area contributed by atoms with Crippen LogP contribution in [0.4, 0.5) is 0 Å². The Hall–Kier alpha value is -1.89. The molecule has 5 rings (SSSR count). The third-order valence-corrected chi connectivity index (χ3v) is 6.96. The lowest BCUT2D eigenvalue weighted by Gasteiger charge is -2.37. The first-order valence-corrected chi connectivity index (χ1v) is 11.0. The predicted octanol–water partition coefficient (Wildman–Crippen LogP) is 2.62. The van der Waals surface area contributed by atoms with E-state index in [0.717, 1.165) is 77.2 Å². The van der Waals surface area contributed by atoms with Gasteiger partial charge in [0, 0.05) is 87.2 Å². The molecule has 0 unspecified atom stereocenters. The van der Waals surface area contributed by atoms with Crippen LogP contribution in [0.15, 0.2) is 18.2 Å². The highest BCUT2D eigenvalue weighted by Gasteiger charge is 2.29. The zero-order chi connectivity index (χ0) is 19.8. The van der Waals surface area contributed by atoms with Gasteiger partial charge in [-0.25, -0.2) is 0 Å². The van der Waals surface area contributed by atoms with Gasteiger partial charge in [0.1, 0.15) is 0 Å². The largest absolute Gasteiger partial charge is 0.381 e. The number of amides is 1. The normalized spacial score (nSPS) is 22.0. The van der Waals surface area contributed by atoms with Crippen LogP contribution >= 0.6 is 0 Å². The fraction of sp³-hybridized carbons (Fsp3) is 0.609. The van der Waals surface area contributed by atoms with E-state index in [1.165, 1.54) is 22.2 Å². The second-order valence-corrected chi connectivity index (χ2v) is 8.64. The molecule has 0 bridgehead atoms. The lowest BCUT2D eigenvalue weighted by atomic mass is 9.99. The van der Waals surface area contributed by atoms with Gasteiger partial charge in [-0.2, -0.15) is 0 Å². The number of benzene rings is 1. The van der Waals surface area contributed by atoms with E-state index in [0.29, 0.717) is 6.04 Å². The van der Waals surface area contributed by atoms with Crippen LogP contribution in [0.2, 0.25) is 0 Å². The summed E-state index contributed by atoms with van der Waals surface area (Å²) in [5.74, 6) is 0.0356. The first kappa shape index (κ1) is 19.1. The van der Waals surface area contributed by atoms with Gasteiger partial charge in [-0.1, -0.05) is 0 Å². The number of hydrogen-bond acceptors (Lipinski definition) is 4. The molecule has 3 aliphatic rings. The molecule has 0 spiro atoms. The fourth-order valence-electron chi connectivity index (χ4n) is 5.21. The predicted molar refractivity (Wildman–Crippen MR) is 112 cm³/mol. The van der Waals surface area contributed by atoms with E-state index in [-0.39, 0.29) is 11.9 Å². The number of rotatable bonds is 3. The van der Waals surface area contributed by atoms with Gasteiger partial charge >= 0.3 is 0 Å². The van der Waals surface area contributed by atoms with Gasteiger partial charge in [-0.3, -0.25) is 9.69 Å². The van der Waals surface area contributed by atoms with Crippen molar-refractivity contribution in [2.24, 2.45) is 7.05 Å². The number of nitrogens with zero attached hydrogens (tertiary/aromatic N) is 2. The fourth-order valence-corrected chi connectivity index (χ4v) is 5.21. The van der Waals surface area contributed by atoms with Gasteiger partial charge < -0.3 is 19.4 Å². The Bertz CT molecular complexity index is 894. The number of aromatic nitrogens is 1. The minimum absolute atomic E-state index is 0.0356. The Morgan fingerprint density at radius 2 is 1.79 bits per heavy atom.